The molecule has 5 heterocycles. The minimum absolute atomic E-state index is 0.203. The first-order chi connectivity index (χ1) is 13.7. The molecule has 0 aromatic carbocycles. The molecule has 0 unspecified atom stereocenters. The fourth-order valence-corrected chi connectivity index (χ4v) is 2.94. The monoisotopic (exact) mass is 369 g/mol. The van der Waals surface area contributed by atoms with Gasteiger partial charge >= 0.3 is 0 Å². The molecule has 4 aromatic rings. The molecule has 0 radical (unpaired) electrons. The van der Waals surface area contributed by atoms with Gasteiger partial charge in [0.2, 0.25) is 0 Å². The Morgan fingerprint density at radius 1 is 0.786 bits per heavy atom. The molecule has 0 saturated carbocycles. The highest BCUT2D eigenvalue weighted by atomic mass is 15.2. The van der Waals surface area contributed by atoms with Gasteiger partial charge < -0.3 is 11.5 Å². The second-order valence-electron chi connectivity index (χ2n) is 6.15. The van der Waals surface area contributed by atoms with E-state index >= 15 is 0 Å². The first-order valence-electron chi connectivity index (χ1n) is 8.53. The van der Waals surface area contributed by atoms with Crippen LogP contribution in [0.3, 0.4) is 0 Å². The summed E-state index contributed by atoms with van der Waals surface area (Å²) in [7, 11) is 0. The number of hydrogen-bond acceptors (Lipinski definition) is 6. The highest BCUT2D eigenvalue weighted by Crippen LogP contribution is 2.23. The maximum absolute atomic E-state index is 5.97. The van der Waals surface area contributed by atoms with E-state index in [-0.39, 0.29) is 5.84 Å². The first kappa shape index (κ1) is 15.9. The maximum atomic E-state index is 5.97. The standard InChI is InChI=1S/C19H15N9/c20-12-9-13(24-14-10-22-27-7-3-1-5-16(14)27)19(26-18(12)21)25-15-11-23-28-8-4-2-6-17(15)28/h1-11H,20H2,(H2,21,25,26). The summed E-state index contributed by atoms with van der Waals surface area (Å²) in [6.07, 6.45) is 8.72. The molecule has 0 fully saturated rings. The Hall–Kier alpha value is -4.27. The molecule has 0 bridgehead atoms. The number of rotatable bonds is 2. The average Bonchev–Trinajstić information content (AvgIpc) is 3.30. The molecule has 0 aliphatic carbocycles. The topological polar surface area (TPSA) is 124 Å². The van der Waals surface area contributed by atoms with Crippen LogP contribution in [0.25, 0.3) is 11.0 Å². The third-order valence-corrected chi connectivity index (χ3v) is 4.32. The molecule has 5 rings (SSSR count). The van der Waals surface area contributed by atoms with Crippen molar-refractivity contribution < 1.29 is 0 Å². The van der Waals surface area contributed by atoms with Gasteiger partial charge in [-0.05, 0) is 30.3 Å². The van der Waals surface area contributed by atoms with E-state index in [0.717, 1.165) is 11.0 Å². The molecule has 9 nitrogen and oxygen atoms in total. The molecule has 0 atom stereocenters. The Labute approximate surface area is 159 Å². The van der Waals surface area contributed by atoms with Gasteiger partial charge in [0.1, 0.15) is 22.9 Å². The Balaban J connectivity index is 1.66. The second-order valence-corrected chi connectivity index (χ2v) is 6.15. The number of fused-ring (bicyclic) bond motifs is 2. The molecule has 0 spiro atoms. The Bertz CT molecular complexity index is 1230. The van der Waals surface area contributed by atoms with Gasteiger partial charge in [0.15, 0.2) is 5.84 Å². The van der Waals surface area contributed by atoms with Gasteiger partial charge in [0.25, 0.3) is 0 Å². The van der Waals surface area contributed by atoms with Gasteiger partial charge in [-0.1, -0.05) is 12.1 Å². The van der Waals surface area contributed by atoms with Crippen molar-refractivity contribution in [1.82, 2.24) is 19.2 Å². The molecule has 0 saturated heterocycles. The van der Waals surface area contributed by atoms with Crippen LogP contribution < -0.4 is 11.5 Å². The quantitative estimate of drug-likeness (QED) is 0.561. The molecular weight excluding hydrogens is 354 g/mol. The highest BCUT2D eigenvalue weighted by Gasteiger charge is 2.17. The fraction of sp³-hybridized carbons (Fsp3) is 0. The van der Waals surface area contributed by atoms with Crippen molar-refractivity contribution >= 4 is 39.8 Å². The van der Waals surface area contributed by atoms with Crippen molar-refractivity contribution in [3.63, 3.8) is 0 Å². The van der Waals surface area contributed by atoms with Crippen LogP contribution in [0.15, 0.2) is 87.9 Å². The van der Waals surface area contributed by atoms with E-state index in [9.17, 15) is 0 Å². The van der Waals surface area contributed by atoms with Crippen LogP contribution in [0.2, 0.25) is 0 Å². The van der Waals surface area contributed by atoms with E-state index < -0.39 is 0 Å². The van der Waals surface area contributed by atoms with Gasteiger partial charge in [-0.2, -0.15) is 10.2 Å². The number of aliphatic imine (C=N–C) groups is 3. The smallest absolute Gasteiger partial charge is 0.181 e. The minimum Gasteiger partial charge on any atom is -0.396 e. The molecule has 1 aliphatic rings. The van der Waals surface area contributed by atoms with Gasteiger partial charge in [-0.25, -0.2) is 24.0 Å². The zero-order valence-corrected chi connectivity index (χ0v) is 14.6. The van der Waals surface area contributed by atoms with Crippen molar-refractivity contribution in [1.29, 1.82) is 0 Å². The van der Waals surface area contributed by atoms with Gasteiger partial charge in [-0.3, -0.25) is 0 Å². The van der Waals surface area contributed by atoms with Crippen molar-refractivity contribution in [3.8, 4) is 0 Å². The third-order valence-electron chi connectivity index (χ3n) is 4.32. The van der Waals surface area contributed by atoms with Crippen LogP contribution in [0.5, 0.6) is 0 Å². The summed E-state index contributed by atoms with van der Waals surface area (Å²) in [5.41, 5.74) is 15.8. The fourth-order valence-electron chi connectivity index (χ4n) is 2.94. The van der Waals surface area contributed by atoms with Crippen molar-refractivity contribution in [2.45, 2.75) is 0 Å². The Kier molecular flexibility index (Phi) is 3.51. The number of nitrogens with zero attached hydrogens (tertiary/aromatic N) is 7. The SMILES string of the molecule is NC1=CC(=Nc2cnn3ccccc23)C(=Nc2cnn3ccccc23)N=C1N. The van der Waals surface area contributed by atoms with Crippen LogP contribution in [-0.4, -0.2) is 36.6 Å². The largest absolute Gasteiger partial charge is 0.396 e. The van der Waals surface area contributed by atoms with E-state index in [0.29, 0.717) is 28.6 Å². The molecule has 0 amide bonds. The predicted molar refractivity (Wildman–Crippen MR) is 108 cm³/mol. The number of nitrogens with two attached hydrogens (primary N) is 2. The van der Waals surface area contributed by atoms with Crippen LogP contribution in [0.1, 0.15) is 0 Å². The van der Waals surface area contributed by atoms with Crippen LogP contribution in [0.4, 0.5) is 11.4 Å². The summed E-state index contributed by atoms with van der Waals surface area (Å²) in [4.78, 5) is 13.7. The summed E-state index contributed by atoms with van der Waals surface area (Å²) in [6.45, 7) is 0. The number of pyridine rings is 2. The predicted octanol–water partition coefficient (Wildman–Crippen LogP) is 2.00. The minimum atomic E-state index is 0.203. The lowest BCUT2D eigenvalue weighted by Gasteiger charge is -2.11. The molecular formula is C19H15N9. The second kappa shape index (κ2) is 6.16. The van der Waals surface area contributed by atoms with Crippen LogP contribution >= 0.6 is 0 Å². The van der Waals surface area contributed by atoms with E-state index in [1.807, 2.05) is 48.8 Å². The maximum Gasteiger partial charge on any atom is 0.181 e. The summed E-state index contributed by atoms with van der Waals surface area (Å²) in [5.74, 6) is 0.565. The lowest BCUT2D eigenvalue weighted by Crippen LogP contribution is -2.29. The molecule has 9 heteroatoms. The number of dihydropyridines is 1. The van der Waals surface area contributed by atoms with Crippen molar-refractivity contribution in [2.24, 2.45) is 26.4 Å². The van der Waals surface area contributed by atoms with Gasteiger partial charge in [0.05, 0.1) is 29.1 Å². The lowest BCUT2D eigenvalue weighted by molar-refractivity contribution is 0.961. The molecule has 28 heavy (non-hydrogen) atoms. The van der Waals surface area contributed by atoms with E-state index in [2.05, 4.69) is 25.2 Å². The molecule has 136 valence electrons. The van der Waals surface area contributed by atoms with Crippen LogP contribution in [0, 0.1) is 0 Å². The normalized spacial score (nSPS) is 17.4. The van der Waals surface area contributed by atoms with E-state index in [1.54, 1.807) is 27.5 Å². The lowest BCUT2D eigenvalue weighted by atomic mass is 10.2. The number of aromatic nitrogens is 4. The van der Waals surface area contributed by atoms with Gasteiger partial charge in [-0.15, -0.1) is 0 Å². The van der Waals surface area contributed by atoms with Gasteiger partial charge in [0, 0.05) is 12.4 Å². The summed E-state index contributed by atoms with van der Waals surface area (Å²) < 4.78 is 3.48. The zero-order chi connectivity index (χ0) is 19.1. The van der Waals surface area contributed by atoms with Crippen LogP contribution in [-0.2, 0) is 0 Å². The van der Waals surface area contributed by atoms with E-state index in [1.165, 1.54) is 0 Å². The van der Waals surface area contributed by atoms with Crippen molar-refractivity contribution in [3.05, 3.63) is 73.0 Å². The summed E-state index contributed by atoms with van der Waals surface area (Å²) in [5, 5.41) is 8.60. The van der Waals surface area contributed by atoms with Crippen molar-refractivity contribution in [2.75, 3.05) is 0 Å². The highest BCUT2D eigenvalue weighted by molar-refractivity contribution is 6.50. The first-order valence-corrected chi connectivity index (χ1v) is 8.53. The third kappa shape index (κ3) is 2.62. The zero-order valence-electron chi connectivity index (χ0n) is 14.6. The number of hydrogen-bond donors (Lipinski definition) is 2. The number of amidine groups is 2. The molecule has 4 N–H and O–H groups in total. The summed E-state index contributed by atoms with van der Waals surface area (Å²) >= 11 is 0. The Morgan fingerprint density at radius 2 is 1.39 bits per heavy atom. The van der Waals surface area contributed by atoms with E-state index in [4.69, 9.17) is 11.5 Å². The Morgan fingerprint density at radius 3 is 2.04 bits per heavy atom. The molecule has 4 aromatic heterocycles. The molecule has 1 aliphatic heterocycles. The summed E-state index contributed by atoms with van der Waals surface area (Å²) in [6, 6.07) is 11.5. The average molecular weight is 369 g/mol.